The highest BCUT2D eigenvalue weighted by molar-refractivity contribution is 5.88. The van der Waals surface area contributed by atoms with Gasteiger partial charge in [-0.3, -0.25) is 4.79 Å². The second-order valence-electron chi connectivity index (χ2n) is 7.08. The summed E-state index contributed by atoms with van der Waals surface area (Å²) in [6.07, 6.45) is 0.347. The number of carbonyl (C=O) groups is 2. The van der Waals surface area contributed by atoms with Crippen molar-refractivity contribution in [1.82, 2.24) is 0 Å². The molecule has 0 bridgehead atoms. The topological polar surface area (TPSA) is 52.6 Å². The lowest BCUT2D eigenvalue weighted by molar-refractivity contribution is -0.134. The van der Waals surface area contributed by atoms with Gasteiger partial charge in [0.1, 0.15) is 11.5 Å². The summed E-state index contributed by atoms with van der Waals surface area (Å²) in [5.74, 6) is 0.360. The van der Waals surface area contributed by atoms with Gasteiger partial charge in [-0.2, -0.15) is 0 Å². The maximum absolute atomic E-state index is 11.6. The van der Waals surface area contributed by atoms with E-state index in [2.05, 4.69) is 31.7 Å². The first-order valence-corrected chi connectivity index (χ1v) is 9.77. The third kappa shape index (κ3) is 5.03. The standard InChI is InChI=1S/C26H24O4/c1-5-25(27)29-22-13-8-20(9-14-22)24-15-10-21(16-18(24)4)19-6-11-23(12-7-19)30-26(28)17(2)3/h6-16H,2,5H2,1,3-4H3. The number of esters is 2. The van der Waals surface area contributed by atoms with Crippen molar-refractivity contribution in [1.29, 1.82) is 0 Å². The minimum atomic E-state index is -0.432. The molecule has 0 amide bonds. The number of benzene rings is 3. The van der Waals surface area contributed by atoms with E-state index in [4.69, 9.17) is 9.47 Å². The highest BCUT2D eigenvalue weighted by Crippen LogP contribution is 2.30. The molecule has 0 fully saturated rings. The van der Waals surface area contributed by atoms with Gasteiger partial charge >= 0.3 is 11.9 Å². The van der Waals surface area contributed by atoms with Crippen LogP contribution in [0.2, 0.25) is 0 Å². The Morgan fingerprint density at radius 1 is 0.800 bits per heavy atom. The first kappa shape index (κ1) is 21.1. The Balaban J connectivity index is 1.77. The van der Waals surface area contributed by atoms with Crippen molar-refractivity contribution in [3.63, 3.8) is 0 Å². The normalized spacial score (nSPS) is 10.4. The van der Waals surface area contributed by atoms with Crippen LogP contribution >= 0.6 is 0 Å². The number of ether oxygens (including phenoxy) is 2. The van der Waals surface area contributed by atoms with E-state index in [1.807, 2.05) is 24.3 Å². The fraction of sp³-hybridized carbons (Fsp3) is 0.154. The third-order valence-corrected chi connectivity index (χ3v) is 4.66. The molecule has 0 N–H and O–H groups in total. The van der Waals surface area contributed by atoms with E-state index >= 15 is 0 Å². The Labute approximate surface area is 176 Å². The second kappa shape index (κ2) is 9.23. The minimum Gasteiger partial charge on any atom is -0.427 e. The van der Waals surface area contributed by atoms with Gasteiger partial charge in [-0.25, -0.2) is 4.79 Å². The summed E-state index contributed by atoms with van der Waals surface area (Å²) in [5.41, 5.74) is 5.76. The van der Waals surface area contributed by atoms with Crippen molar-refractivity contribution in [2.24, 2.45) is 0 Å². The van der Waals surface area contributed by atoms with Crippen LogP contribution < -0.4 is 9.47 Å². The van der Waals surface area contributed by atoms with E-state index in [0.29, 0.717) is 23.5 Å². The van der Waals surface area contributed by atoms with E-state index < -0.39 is 5.97 Å². The molecular weight excluding hydrogens is 376 g/mol. The molecule has 0 aliphatic heterocycles. The van der Waals surface area contributed by atoms with Crippen LogP contribution in [0, 0.1) is 6.92 Å². The molecule has 0 radical (unpaired) electrons. The summed E-state index contributed by atoms with van der Waals surface area (Å²) < 4.78 is 10.5. The highest BCUT2D eigenvalue weighted by atomic mass is 16.5. The Bertz CT molecular complexity index is 1080. The summed E-state index contributed by atoms with van der Waals surface area (Å²) in [4.78, 5) is 23.0. The lowest BCUT2D eigenvalue weighted by Crippen LogP contribution is -2.07. The predicted octanol–water partition coefficient (Wildman–Crippen LogP) is 6.13. The summed E-state index contributed by atoms with van der Waals surface area (Å²) in [6.45, 7) is 9.03. The van der Waals surface area contributed by atoms with Gasteiger partial charge in [-0.1, -0.05) is 56.0 Å². The molecule has 0 aromatic heterocycles. The molecule has 0 saturated heterocycles. The minimum absolute atomic E-state index is 0.247. The van der Waals surface area contributed by atoms with Crippen LogP contribution in [0.4, 0.5) is 0 Å². The Kier molecular flexibility index (Phi) is 6.48. The first-order valence-electron chi connectivity index (χ1n) is 9.77. The van der Waals surface area contributed by atoms with Gasteiger partial charge in [0.05, 0.1) is 0 Å². The summed E-state index contributed by atoms with van der Waals surface area (Å²) in [5, 5.41) is 0. The molecule has 0 spiro atoms. The van der Waals surface area contributed by atoms with E-state index in [1.165, 1.54) is 0 Å². The van der Waals surface area contributed by atoms with Gasteiger partial charge in [0.15, 0.2) is 0 Å². The van der Waals surface area contributed by atoms with Crippen LogP contribution in [-0.4, -0.2) is 11.9 Å². The van der Waals surface area contributed by atoms with Crippen molar-refractivity contribution in [3.8, 4) is 33.8 Å². The molecule has 4 nitrogen and oxygen atoms in total. The molecule has 0 atom stereocenters. The molecule has 4 heteroatoms. The fourth-order valence-electron chi connectivity index (χ4n) is 2.98. The summed E-state index contributed by atoms with van der Waals surface area (Å²) in [6, 6.07) is 21.2. The zero-order chi connectivity index (χ0) is 21.7. The molecule has 0 aliphatic rings. The molecule has 0 saturated carbocycles. The zero-order valence-corrected chi connectivity index (χ0v) is 17.4. The predicted molar refractivity (Wildman–Crippen MR) is 118 cm³/mol. The molecule has 3 rings (SSSR count). The SMILES string of the molecule is C=C(C)C(=O)Oc1ccc(-c2ccc(-c3ccc(OC(=O)CC)cc3)c(C)c2)cc1. The average Bonchev–Trinajstić information content (AvgIpc) is 2.74. The average molecular weight is 400 g/mol. The lowest BCUT2D eigenvalue weighted by Gasteiger charge is -2.11. The van der Waals surface area contributed by atoms with Crippen LogP contribution in [-0.2, 0) is 9.59 Å². The smallest absolute Gasteiger partial charge is 0.338 e. The van der Waals surface area contributed by atoms with Crippen molar-refractivity contribution < 1.29 is 19.1 Å². The van der Waals surface area contributed by atoms with Gasteiger partial charge in [0.2, 0.25) is 0 Å². The van der Waals surface area contributed by atoms with Crippen LogP contribution in [0.3, 0.4) is 0 Å². The third-order valence-electron chi connectivity index (χ3n) is 4.66. The molecule has 3 aromatic rings. The Morgan fingerprint density at radius 3 is 1.87 bits per heavy atom. The Hall–Kier alpha value is -3.66. The summed E-state index contributed by atoms with van der Waals surface area (Å²) >= 11 is 0. The van der Waals surface area contributed by atoms with Crippen LogP contribution in [0.1, 0.15) is 25.8 Å². The van der Waals surface area contributed by atoms with Gasteiger partial charge in [-0.05, 0) is 65.9 Å². The van der Waals surface area contributed by atoms with Crippen molar-refractivity contribution in [3.05, 3.63) is 84.4 Å². The second-order valence-corrected chi connectivity index (χ2v) is 7.08. The maximum Gasteiger partial charge on any atom is 0.338 e. The van der Waals surface area contributed by atoms with Gasteiger partial charge in [-0.15, -0.1) is 0 Å². The number of carbonyl (C=O) groups excluding carboxylic acids is 2. The highest BCUT2D eigenvalue weighted by Gasteiger charge is 2.08. The molecule has 30 heavy (non-hydrogen) atoms. The van der Waals surface area contributed by atoms with E-state index in [0.717, 1.165) is 27.8 Å². The summed E-state index contributed by atoms with van der Waals surface area (Å²) in [7, 11) is 0. The largest absolute Gasteiger partial charge is 0.427 e. The molecule has 3 aromatic carbocycles. The molecule has 152 valence electrons. The quantitative estimate of drug-likeness (QED) is 0.284. The lowest BCUT2D eigenvalue weighted by atomic mass is 9.96. The number of hydrogen-bond acceptors (Lipinski definition) is 4. The number of rotatable bonds is 6. The fourth-order valence-corrected chi connectivity index (χ4v) is 2.98. The van der Waals surface area contributed by atoms with Crippen molar-refractivity contribution in [2.75, 3.05) is 0 Å². The molecular formula is C26H24O4. The number of aryl methyl sites for hydroxylation is 1. The monoisotopic (exact) mass is 400 g/mol. The molecule has 0 heterocycles. The van der Waals surface area contributed by atoms with Gasteiger partial charge < -0.3 is 9.47 Å². The Morgan fingerprint density at radius 2 is 1.33 bits per heavy atom. The number of hydrogen-bond donors (Lipinski definition) is 0. The molecule has 0 unspecified atom stereocenters. The van der Waals surface area contributed by atoms with E-state index in [1.54, 1.807) is 38.1 Å². The van der Waals surface area contributed by atoms with Crippen molar-refractivity contribution >= 4 is 11.9 Å². The molecule has 0 aliphatic carbocycles. The van der Waals surface area contributed by atoms with Crippen LogP contribution in [0.25, 0.3) is 22.3 Å². The van der Waals surface area contributed by atoms with E-state index in [-0.39, 0.29) is 5.97 Å². The van der Waals surface area contributed by atoms with Gasteiger partial charge in [0.25, 0.3) is 0 Å². The van der Waals surface area contributed by atoms with E-state index in [9.17, 15) is 9.59 Å². The zero-order valence-electron chi connectivity index (χ0n) is 17.4. The van der Waals surface area contributed by atoms with Crippen LogP contribution in [0.15, 0.2) is 78.9 Å². The van der Waals surface area contributed by atoms with Crippen LogP contribution in [0.5, 0.6) is 11.5 Å². The maximum atomic E-state index is 11.6. The first-order chi connectivity index (χ1) is 14.4. The van der Waals surface area contributed by atoms with Gasteiger partial charge in [0, 0.05) is 12.0 Å². The van der Waals surface area contributed by atoms with Crippen molar-refractivity contribution in [2.45, 2.75) is 27.2 Å².